The summed E-state index contributed by atoms with van der Waals surface area (Å²) >= 11 is 0. The Morgan fingerprint density at radius 1 is 0.915 bits per heavy atom. The molecule has 1 heterocycles. The molecule has 4 amide bonds. The maximum absolute atomic E-state index is 14.5. The van der Waals surface area contributed by atoms with Crippen LogP contribution in [0.5, 0.6) is 0 Å². The Balaban J connectivity index is 2.30. The Hall–Kier alpha value is -4.76. The van der Waals surface area contributed by atoms with Crippen molar-refractivity contribution in [3.63, 3.8) is 0 Å². The lowest BCUT2D eigenvalue weighted by atomic mass is 9.76. The maximum Gasteiger partial charge on any atom is 0.328 e. The van der Waals surface area contributed by atoms with Gasteiger partial charge < -0.3 is 45.9 Å². The number of unbranched alkanes of at least 4 members (excludes halogenated alkanes) is 1. The SMILES string of the molecule is CCOC(=O)[C@@H](CCC(=O)N[C@@H](CCCCN)C(=O)OC)NC(=O)/C(C)=C/[C@H](C(C)C)N(C)C(=O)[C@@H](NC(=O)[C@@H](NC)C(C)(C)c1cn(C)c2ccccc12)C(C)(C)C. The fourth-order valence-electron chi connectivity index (χ4n) is 7.33. The molecule has 6 N–H and O–H groups in total. The number of esters is 2. The van der Waals surface area contributed by atoms with E-state index < -0.39 is 64.8 Å². The van der Waals surface area contributed by atoms with Crippen LogP contribution >= 0.6 is 0 Å². The molecular formula is C44H71N7O8. The standard InChI is InChI=1S/C44H71N7O8/c1-14-59-42(57)32(22-23-35(52)47-31(41(56)58-13)20-17-18-24-45)48-38(53)28(4)25-34(27(2)3)51(12)40(55)37(43(5,6)7)49-39(54)36(46-10)44(8,9)30-26-50(11)33-21-16-15-19-29(30)33/h15-16,19,21,25-27,31-32,34,36-37,46H,14,17-18,20,22-24,45H2,1-13H3,(H,47,52)(H,48,53)(H,49,54)/b28-25+/t31-,32+,34+,36+,37+/m0/s1. The van der Waals surface area contributed by atoms with Gasteiger partial charge in [-0.25, -0.2) is 9.59 Å². The normalized spacial score (nSPS) is 14.8. The Labute approximate surface area is 350 Å². The van der Waals surface area contributed by atoms with Crippen molar-refractivity contribution < 1.29 is 38.2 Å². The fourth-order valence-corrected chi connectivity index (χ4v) is 7.33. The van der Waals surface area contributed by atoms with Crippen LogP contribution in [0.1, 0.15) is 100.0 Å². The van der Waals surface area contributed by atoms with E-state index in [2.05, 4.69) is 21.3 Å². The Kier molecular flexibility index (Phi) is 19.3. The van der Waals surface area contributed by atoms with Gasteiger partial charge in [-0.1, -0.05) is 72.7 Å². The zero-order valence-electron chi connectivity index (χ0n) is 37.6. The molecule has 1 aromatic carbocycles. The number of ether oxygens (including phenoxy) is 2. The molecule has 0 saturated heterocycles. The summed E-state index contributed by atoms with van der Waals surface area (Å²) in [6.45, 7) is 17.2. The van der Waals surface area contributed by atoms with Crippen molar-refractivity contribution in [2.75, 3.05) is 34.4 Å². The second-order valence-corrected chi connectivity index (χ2v) is 17.2. The number of nitrogens with zero attached hydrogens (tertiary/aromatic N) is 2. The van der Waals surface area contributed by atoms with Crippen LogP contribution in [0.25, 0.3) is 10.9 Å². The summed E-state index contributed by atoms with van der Waals surface area (Å²) in [5.41, 5.74) is 6.47. The van der Waals surface area contributed by atoms with E-state index in [1.54, 1.807) is 38.9 Å². The smallest absolute Gasteiger partial charge is 0.328 e. The van der Waals surface area contributed by atoms with Crippen LogP contribution in [0.4, 0.5) is 0 Å². The number of nitrogens with two attached hydrogens (primary N) is 1. The molecule has 1 aromatic heterocycles. The lowest BCUT2D eigenvalue weighted by Crippen LogP contribution is -2.61. The van der Waals surface area contributed by atoms with Crippen molar-refractivity contribution in [2.45, 2.75) is 130 Å². The number of fused-ring (bicyclic) bond motifs is 1. The number of para-hydroxylation sites is 1. The number of hydrogen-bond donors (Lipinski definition) is 5. The highest BCUT2D eigenvalue weighted by atomic mass is 16.5. The molecule has 0 aliphatic carbocycles. The Bertz CT molecular complexity index is 1790. The van der Waals surface area contributed by atoms with Crippen molar-refractivity contribution in [3.05, 3.63) is 47.7 Å². The quantitative estimate of drug-likeness (QED) is 0.0663. The zero-order valence-corrected chi connectivity index (χ0v) is 37.6. The number of hydrogen-bond acceptors (Lipinski definition) is 10. The average Bonchev–Trinajstić information content (AvgIpc) is 3.52. The number of aryl methyl sites for hydroxylation is 1. The number of methoxy groups -OCH3 is 1. The maximum atomic E-state index is 14.5. The van der Waals surface area contributed by atoms with Crippen LogP contribution in [0, 0.1) is 11.3 Å². The van der Waals surface area contributed by atoms with Crippen LogP contribution in [0.15, 0.2) is 42.1 Å². The van der Waals surface area contributed by atoms with E-state index in [0.717, 1.165) is 16.5 Å². The van der Waals surface area contributed by atoms with Gasteiger partial charge in [-0.05, 0) is 76.1 Å². The van der Waals surface area contributed by atoms with Crippen molar-refractivity contribution in [2.24, 2.45) is 24.1 Å². The minimum Gasteiger partial charge on any atom is -0.467 e. The first-order valence-electron chi connectivity index (χ1n) is 20.6. The van der Waals surface area contributed by atoms with Gasteiger partial charge in [0.25, 0.3) is 0 Å². The monoisotopic (exact) mass is 826 g/mol. The van der Waals surface area contributed by atoms with E-state index >= 15 is 0 Å². The summed E-state index contributed by atoms with van der Waals surface area (Å²) < 4.78 is 12.1. The van der Waals surface area contributed by atoms with Gasteiger partial charge in [0.15, 0.2) is 0 Å². The van der Waals surface area contributed by atoms with Crippen LogP contribution < -0.4 is 27.0 Å². The summed E-state index contributed by atoms with van der Waals surface area (Å²) in [6.07, 6.45) is 5.05. The van der Waals surface area contributed by atoms with Gasteiger partial charge in [0.05, 0.1) is 25.8 Å². The molecule has 2 aromatic rings. The first kappa shape index (κ1) is 50.4. The third kappa shape index (κ3) is 13.6. The van der Waals surface area contributed by atoms with Crippen molar-refractivity contribution in [3.8, 4) is 0 Å². The first-order valence-corrected chi connectivity index (χ1v) is 20.6. The highest BCUT2D eigenvalue weighted by molar-refractivity contribution is 5.96. The number of carbonyl (C=O) groups excluding carboxylic acids is 6. The highest BCUT2D eigenvalue weighted by Crippen LogP contribution is 2.35. The number of rotatable bonds is 22. The molecule has 59 heavy (non-hydrogen) atoms. The Morgan fingerprint density at radius 3 is 2.10 bits per heavy atom. The number of benzene rings is 1. The predicted octanol–water partition coefficient (Wildman–Crippen LogP) is 3.62. The molecule has 0 aliphatic rings. The minimum absolute atomic E-state index is 0.0569. The molecule has 330 valence electrons. The fraction of sp³-hybridized carbons (Fsp3) is 0.636. The number of nitrogens with one attached hydrogen (secondary N) is 4. The number of carbonyl (C=O) groups is 6. The molecule has 5 atom stereocenters. The van der Waals surface area contributed by atoms with Crippen molar-refractivity contribution in [1.29, 1.82) is 0 Å². The summed E-state index contributed by atoms with van der Waals surface area (Å²) in [7, 11) is 6.59. The summed E-state index contributed by atoms with van der Waals surface area (Å²) in [5.74, 6) is -3.21. The van der Waals surface area contributed by atoms with E-state index in [9.17, 15) is 28.8 Å². The van der Waals surface area contributed by atoms with Crippen LogP contribution in [-0.2, 0) is 50.7 Å². The van der Waals surface area contributed by atoms with E-state index in [4.69, 9.17) is 15.2 Å². The van der Waals surface area contributed by atoms with Gasteiger partial charge in [0.2, 0.25) is 23.6 Å². The predicted molar refractivity (Wildman–Crippen MR) is 230 cm³/mol. The van der Waals surface area contributed by atoms with Gasteiger partial charge in [-0.2, -0.15) is 0 Å². The van der Waals surface area contributed by atoms with Gasteiger partial charge in [0, 0.05) is 48.6 Å². The molecule has 0 radical (unpaired) electrons. The summed E-state index contributed by atoms with van der Waals surface area (Å²) in [4.78, 5) is 82.0. The molecule has 0 spiro atoms. The molecular weight excluding hydrogens is 755 g/mol. The third-order valence-electron chi connectivity index (χ3n) is 10.8. The summed E-state index contributed by atoms with van der Waals surface area (Å²) in [6, 6.07) is 3.79. The molecule has 0 aliphatic heterocycles. The molecule has 0 saturated carbocycles. The molecule has 2 rings (SSSR count). The average molecular weight is 826 g/mol. The van der Waals surface area contributed by atoms with Crippen molar-refractivity contribution >= 4 is 46.5 Å². The number of amides is 4. The summed E-state index contributed by atoms with van der Waals surface area (Å²) in [5, 5.41) is 12.7. The highest BCUT2D eigenvalue weighted by Gasteiger charge is 2.42. The Morgan fingerprint density at radius 2 is 1.54 bits per heavy atom. The molecule has 0 unspecified atom stereocenters. The minimum atomic E-state index is -1.17. The van der Waals surface area contributed by atoms with Gasteiger partial charge >= 0.3 is 11.9 Å². The van der Waals surface area contributed by atoms with Gasteiger partial charge in [-0.15, -0.1) is 0 Å². The number of likely N-dealkylation sites (N-methyl/N-ethyl adjacent to an activating group) is 2. The van der Waals surface area contributed by atoms with E-state index in [1.165, 1.54) is 7.11 Å². The third-order valence-corrected chi connectivity index (χ3v) is 10.8. The molecule has 15 nitrogen and oxygen atoms in total. The van der Waals surface area contributed by atoms with Crippen LogP contribution in [-0.4, -0.2) is 110 Å². The van der Waals surface area contributed by atoms with Gasteiger partial charge in [0.1, 0.15) is 18.1 Å². The molecule has 0 fully saturated rings. The largest absolute Gasteiger partial charge is 0.467 e. The molecule has 15 heteroatoms. The second kappa shape index (κ2) is 22.6. The lowest BCUT2D eigenvalue weighted by molar-refractivity contribution is -0.148. The second-order valence-electron chi connectivity index (χ2n) is 17.2. The van der Waals surface area contributed by atoms with Crippen LogP contribution in [0.3, 0.4) is 0 Å². The van der Waals surface area contributed by atoms with Crippen molar-refractivity contribution in [1.82, 2.24) is 30.7 Å². The van der Waals surface area contributed by atoms with Gasteiger partial charge in [-0.3, -0.25) is 19.2 Å². The van der Waals surface area contributed by atoms with Crippen LogP contribution in [0.2, 0.25) is 0 Å². The molecule has 0 bridgehead atoms. The lowest BCUT2D eigenvalue weighted by Gasteiger charge is -2.39. The van der Waals surface area contributed by atoms with E-state index in [-0.39, 0.29) is 42.8 Å². The van der Waals surface area contributed by atoms with E-state index in [1.807, 2.05) is 90.5 Å². The first-order chi connectivity index (χ1) is 27.6. The van der Waals surface area contributed by atoms with E-state index in [0.29, 0.717) is 25.8 Å². The topological polar surface area (TPSA) is 203 Å². The number of aromatic nitrogens is 1. The zero-order chi connectivity index (χ0) is 44.8.